The maximum atomic E-state index is 10.8. The average Bonchev–Trinajstić information content (AvgIpc) is 2.47. The van der Waals surface area contributed by atoms with E-state index in [9.17, 15) is 5.11 Å². The number of aliphatic hydroxyl groups is 1. The van der Waals surface area contributed by atoms with Gasteiger partial charge in [-0.15, -0.1) is 12.4 Å². The van der Waals surface area contributed by atoms with Crippen LogP contribution in [0.15, 0.2) is 30.3 Å². The first-order valence-corrected chi connectivity index (χ1v) is 7.25. The number of rotatable bonds is 5. The van der Waals surface area contributed by atoms with Gasteiger partial charge in [0.2, 0.25) is 0 Å². The molecule has 0 aromatic heterocycles. The van der Waals surface area contributed by atoms with Crippen LogP contribution in [0.4, 0.5) is 0 Å². The third kappa shape index (κ3) is 4.48. The van der Waals surface area contributed by atoms with Crippen molar-refractivity contribution < 1.29 is 5.11 Å². The van der Waals surface area contributed by atoms with E-state index in [-0.39, 0.29) is 12.4 Å². The first-order valence-electron chi connectivity index (χ1n) is 7.25. The molecule has 19 heavy (non-hydrogen) atoms. The van der Waals surface area contributed by atoms with E-state index in [1.165, 1.54) is 32.4 Å². The molecular weight excluding hydrogens is 258 g/mol. The molecule has 1 aromatic rings. The van der Waals surface area contributed by atoms with Crippen LogP contribution in [-0.4, -0.2) is 29.6 Å². The number of hydrogen-bond acceptors (Lipinski definition) is 2. The van der Waals surface area contributed by atoms with E-state index in [0.717, 1.165) is 24.9 Å². The van der Waals surface area contributed by atoms with E-state index in [1.54, 1.807) is 0 Å². The van der Waals surface area contributed by atoms with E-state index in [0.29, 0.717) is 0 Å². The summed E-state index contributed by atoms with van der Waals surface area (Å²) < 4.78 is 0. The largest absolute Gasteiger partial charge is 0.385 e. The first-order chi connectivity index (χ1) is 8.74. The molecule has 0 saturated carbocycles. The van der Waals surface area contributed by atoms with Crippen molar-refractivity contribution >= 4 is 12.4 Å². The molecule has 1 fully saturated rings. The summed E-state index contributed by atoms with van der Waals surface area (Å²) in [4.78, 5) is 2.49. The Balaban J connectivity index is 0.00000180. The SMILES string of the molecule is CCC(O)(CCN1CCCCC1)c1ccccc1.Cl. The molecule has 0 spiro atoms. The molecule has 0 aliphatic carbocycles. The molecule has 1 saturated heterocycles. The minimum absolute atomic E-state index is 0. The molecule has 1 unspecified atom stereocenters. The van der Waals surface area contributed by atoms with Crippen molar-refractivity contribution in [2.24, 2.45) is 0 Å². The lowest BCUT2D eigenvalue weighted by atomic mass is 9.87. The summed E-state index contributed by atoms with van der Waals surface area (Å²) in [7, 11) is 0. The van der Waals surface area contributed by atoms with Gasteiger partial charge in [0.1, 0.15) is 0 Å². The van der Waals surface area contributed by atoms with Gasteiger partial charge >= 0.3 is 0 Å². The second-order valence-electron chi connectivity index (χ2n) is 5.40. The van der Waals surface area contributed by atoms with E-state index in [1.807, 2.05) is 30.3 Å². The molecule has 2 nitrogen and oxygen atoms in total. The van der Waals surface area contributed by atoms with Gasteiger partial charge in [0.15, 0.2) is 0 Å². The van der Waals surface area contributed by atoms with Gasteiger partial charge in [-0.05, 0) is 44.3 Å². The fourth-order valence-electron chi connectivity index (χ4n) is 2.80. The number of nitrogens with zero attached hydrogens (tertiary/aromatic N) is 1. The Morgan fingerprint density at radius 3 is 2.32 bits per heavy atom. The maximum Gasteiger partial charge on any atom is 0.0906 e. The fourth-order valence-corrected chi connectivity index (χ4v) is 2.80. The van der Waals surface area contributed by atoms with Crippen molar-refractivity contribution in [1.82, 2.24) is 4.90 Å². The Bertz CT molecular complexity index is 351. The quantitative estimate of drug-likeness (QED) is 0.893. The third-order valence-corrected chi connectivity index (χ3v) is 4.19. The maximum absolute atomic E-state index is 10.8. The van der Waals surface area contributed by atoms with Crippen molar-refractivity contribution in [1.29, 1.82) is 0 Å². The van der Waals surface area contributed by atoms with Gasteiger partial charge in [-0.1, -0.05) is 43.7 Å². The van der Waals surface area contributed by atoms with Gasteiger partial charge < -0.3 is 10.0 Å². The molecule has 108 valence electrons. The van der Waals surface area contributed by atoms with Crippen LogP contribution in [-0.2, 0) is 5.60 Å². The van der Waals surface area contributed by atoms with Crippen molar-refractivity contribution in [3.63, 3.8) is 0 Å². The van der Waals surface area contributed by atoms with E-state index in [4.69, 9.17) is 0 Å². The Morgan fingerprint density at radius 2 is 1.74 bits per heavy atom. The third-order valence-electron chi connectivity index (χ3n) is 4.19. The van der Waals surface area contributed by atoms with Gasteiger partial charge in [0, 0.05) is 6.54 Å². The zero-order chi connectivity index (χ0) is 12.8. The summed E-state index contributed by atoms with van der Waals surface area (Å²) in [6.07, 6.45) is 5.62. The molecule has 1 aromatic carbocycles. The minimum Gasteiger partial charge on any atom is -0.385 e. The molecule has 1 aliphatic rings. The Labute approximate surface area is 123 Å². The van der Waals surface area contributed by atoms with Crippen LogP contribution in [0, 0.1) is 0 Å². The molecule has 1 heterocycles. The molecule has 0 radical (unpaired) electrons. The van der Waals surface area contributed by atoms with Crippen LogP contribution < -0.4 is 0 Å². The highest BCUT2D eigenvalue weighted by atomic mass is 35.5. The van der Waals surface area contributed by atoms with E-state index < -0.39 is 5.60 Å². The minimum atomic E-state index is -0.654. The first kappa shape index (κ1) is 16.5. The highest BCUT2D eigenvalue weighted by Crippen LogP contribution is 2.29. The topological polar surface area (TPSA) is 23.5 Å². The molecule has 0 amide bonds. The lowest BCUT2D eigenvalue weighted by molar-refractivity contribution is 0.0116. The van der Waals surface area contributed by atoms with E-state index in [2.05, 4.69) is 11.8 Å². The van der Waals surface area contributed by atoms with Crippen LogP contribution in [0.25, 0.3) is 0 Å². The molecule has 2 rings (SSSR count). The molecular formula is C16H26ClNO. The summed E-state index contributed by atoms with van der Waals surface area (Å²) in [6, 6.07) is 10.1. The molecule has 1 atom stereocenters. The second kappa shape index (κ2) is 7.88. The Kier molecular flexibility index (Phi) is 6.84. The van der Waals surface area contributed by atoms with Gasteiger partial charge in [-0.2, -0.15) is 0 Å². The molecule has 0 bridgehead atoms. The Hall–Kier alpha value is -0.570. The second-order valence-corrected chi connectivity index (χ2v) is 5.40. The van der Waals surface area contributed by atoms with Gasteiger partial charge in [-0.3, -0.25) is 0 Å². The molecule has 3 heteroatoms. The van der Waals surface area contributed by atoms with Crippen molar-refractivity contribution in [2.75, 3.05) is 19.6 Å². The number of piperidine rings is 1. The lowest BCUT2D eigenvalue weighted by Gasteiger charge is -2.32. The van der Waals surface area contributed by atoms with Crippen molar-refractivity contribution in [3.8, 4) is 0 Å². The monoisotopic (exact) mass is 283 g/mol. The van der Waals surface area contributed by atoms with Gasteiger partial charge in [0.25, 0.3) is 0 Å². The predicted octanol–water partition coefficient (Wildman–Crippen LogP) is 3.58. The van der Waals surface area contributed by atoms with Crippen LogP contribution >= 0.6 is 12.4 Å². The number of benzene rings is 1. The van der Waals surface area contributed by atoms with Crippen LogP contribution in [0.5, 0.6) is 0 Å². The molecule has 1 N–H and O–H groups in total. The summed E-state index contributed by atoms with van der Waals surface area (Å²) >= 11 is 0. The van der Waals surface area contributed by atoms with E-state index >= 15 is 0 Å². The zero-order valence-electron chi connectivity index (χ0n) is 11.8. The summed E-state index contributed by atoms with van der Waals surface area (Å²) in [6.45, 7) is 5.49. The van der Waals surface area contributed by atoms with Crippen molar-refractivity contribution in [3.05, 3.63) is 35.9 Å². The standard InChI is InChI=1S/C16H25NO.ClH/c1-2-16(18,15-9-5-3-6-10-15)11-14-17-12-7-4-8-13-17;/h3,5-6,9-10,18H,2,4,7-8,11-14H2,1H3;1H. The van der Waals surface area contributed by atoms with Crippen LogP contribution in [0.1, 0.15) is 44.6 Å². The van der Waals surface area contributed by atoms with Crippen LogP contribution in [0.2, 0.25) is 0 Å². The van der Waals surface area contributed by atoms with Crippen molar-refractivity contribution in [2.45, 2.75) is 44.6 Å². The summed E-state index contributed by atoms with van der Waals surface area (Å²) in [5, 5.41) is 10.8. The Morgan fingerprint density at radius 1 is 1.11 bits per heavy atom. The predicted molar refractivity (Wildman–Crippen MR) is 82.8 cm³/mol. The highest BCUT2D eigenvalue weighted by Gasteiger charge is 2.27. The number of hydrogen-bond donors (Lipinski definition) is 1. The normalized spacial score (nSPS) is 19.5. The summed E-state index contributed by atoms with van der Waals surface area (Å²) in [5.74, 6) is 0. The zero-order valence-corrected chi connectivity index (χ0v) is 12.7. The number of likely N-dealkylation sites (tertiary alicyclic amines) is 1. The lowest BCUT2D eigenvalue weighted by Crippen LogP contribution is -2.35. The smallest absolute Gasteiger partial charge is 0.0906 e. The van der Waals surface area contributed by atoms with Crippen LogP contribution in [0.3, 0.4) is 0 Å². The summed E-state index contributed by atoms with van der Waals surface area (Å²) in [5.41, 5.74) is 0.406. The number of halogens is 1. The van der Waals surface area contributed by atoms with Gasteiger partial charge in [-0.25, -0.2) is 0 Å². The fraction of sp³-hybridized carbons (Fsp3) is 0.625. The van der Waals surface area contributed by atoms with Gasteiger partial charge in [0.05, 0.1) is 5.60 Å². The molecule has 1 aliphatic heterocycles. The highest BCUT2D eigenvalue weighted by molar-refractivity contribution is 5.85. The average molecular weight is 284 g/mol.